The molecule has 0 radical (unpaired) electrons. The van der Waals surface area contributed by atoms with E-state index < -0.39 is 0 Å². The summed E-state index contributed by atoms with van der Waals surface area (Å²) < 4.78 is 5.21. The standard InChI is InChI=1S/C12H15NO2.2C2H6/c1-10-2-4-11(5-3-10)12(14)13-6-8-15-9-7-13;2*1-2/h2-5H,6-9H2,1H3;2*1-2H3. The lowest BCUT2D eigenvalue weighted by Gasteiger charge is -2.26. The number of hydrogen-bond acceptors (Lipinski definition) is 2. The van der Waals surface area contributed by atoms with E-state index in [1.54, 1.807) is 0 Å². The fourth-order valence-corrected chi connectivity index (χ4v) is 1.65. The van der Waals surface area contributed by atoms with Gasteiger partial charge in [-0.1, -0.05) is 45.4 Å². The van der Waals surface area contributed by atoms with E-state index in [9.17, 15) is 4.79 Å². The number of nitrogens with zero attached hydrogens (tertiary/aromatic N) is 1. The molecule has 3 heteroatoms. The Morgan fingerprint density at radius 1 is 1.00 bits per heavy atom. The topological polar surface area (TPSA) is 29.5 Å². The third-order valence-corrected chi connectivity index (χ3v) is 2.60. The van der Waals surface area contributed by atoms with E-state index in [0.29, 0.717) is 26.3 Å². The summed E-state index contributed by atoms with van der Waals surface area (Å²) in [7, 11) is 0. The average molecular weight is 265 g/mol. The van der Waals surface area contributed by atoms with Crippen molar-refractivity contribution in [3.63, 3.8) is 0 Å². The maximum Gasteiger partial charge on any atom is 0.254 e. The molecular weight excluding hydrogens is 238 g/mol. The van der Waals surface area contributed by atoms with Crippen LogP contribution in [-0.2, 0) is 4.74 Å². The number of benzene rings is 1. The summed E-state index contributed by atoms with van der Waals surface area (Å²) in [6.07, 6.45) is 0. The molecule has 108 valence electrons. The smallest absolute Gasteiger partial charge is 0.254 e. The summed E-state index contributed by atoms with van der Waals surface area (Å²) in [5.41, 5.74) is 1.94. The second kappa shape index (κ2) is 10.6. The van der Waals surface area contributed by atoms with Crippen molar-refractivity contribution in [1.82, 2.24) is 4.90 Å². The Bertz CT molecular complexity index is 340. The molecule has 3 nitrogen and oxygen atoms in total. The fourth-order valence-electron chi connectivity index (χ4n) is 1.65. The summed E-state index contributed by atoms with van der Waals surface area (Å²) >= 11 is 0. The van der Waals surface area contributed by atoms with Crippen LogP contribution in [0, 0.1) is 6.92 Å². The van der Waals surface area contributed by atoms with Gasteiger partial charge in [-0.3, -0.25) is 4.79 Å². The first kappa shape index (κ1) is 17.6. The van der Waals surface area contributed by atoms with Crippen LogP contribution in [0.3, 0.4) is 0 Å². The van der Waals surface area contributed by atoms with E-state index in [1.165, 1.54) is 5.56 Å². The molecule has 1 heterocycles. The quantitative estimate of drug-likeness (QED) is 0.777. The molecule has 0 spiro atoms. The number of carbonyl (C=O) groups excluding carboxylic acids is 1. The molecule has 0 aromatic heterocycles. The number of carbonyl (C=O) groups is 1. The molecule has 0 saturated carbocycles. The molecule has 0 aliphatic carbocycles. The molecule has 0 atom stereocenters. The lowest BCUT2D eigenvalue weighted by atomic mass is 10.1. The lowest BCUT2D eigenvalue weighted by Crippen LogP contribution is -2.40. The van der Waals surface area contributed by atoms with Crippen molar-refractivity contribution in [2.24, 2.45) is 0 Å². The van der Waals surface area contributed by atoms with Gasteiger partial charge in [0.1, 0.15) is 0 Å². The van der Waals surface area contributed by atoms with Crippen LogP contribution in [0.25, 0.3) is 0 Å². The van der Waals surface area contributed by atoms with E-state index >= 15 is 0 Å². The van der Waals surface area contributed by atoms with Crippen molar-refractivity contribution in [2.45, 2.75) is 34.6 Å². The molecule has 1 saturated heterocycles. The van der Waals surface area contributed by atoms with Crippen molar-refractivity contribution in [3.05, 3.63) is 35.4 Å². The van der Waals surface area contributed by atoms with Gasteiger partial charge in [-0.25, -0.2) is 0 Å². The molecule has 0 bridgehead atoms. The lowest BCUT2D eigenvalue weighted by molar-refractivity contribution is 0.0303. The maximum absolute atomic E-state index is 12.0. The van der Waals surface area contributed by atoms with Crippen molar-refractivity contribution >= 4 is 5.91 Å². The first-order valence-corrected chi connectivity index (χ1v) is 7.21. The van der Waals surface area contributed by atoms with Gasteiger partial charge in [0.05, 0.1) is 13.2 Å². The highest BCUT2D eigenvalue weighted by atomic mass is 16.5. The molecule has 19 heavy (non-hydrogen) atoms. The minimum Gasteiger partial charge on any atom is -0.378 e. The molecule has 1 amide bonds. The molecule has 1 fully saturated rings. The zero-order chi connectivity index (χ0) is 14.7. The minimum atomic E-state index is 0.110. The predicted molar refractivity (Wildman–Crippen MR) is 80.6 cm³/mol. The van der Waals surface area contributed by atoms with Crippen molar-refractivity contribution in [2.75, 3.05) is 26.3 Å². The van der Waals surface area contributed by atoms with E-state index in [1.807, 2.05) is 63.8 Å². The molecule has 1 aromatic rings. The summed E-state index contributed by atoms with van der Waals surface area (Å²) in [6, 6.07) is 7.70. The van der Waals surface area contributed by atoms with Crippen LogP contribution >= 0.6 is 0 Å². The van der Waals surface area contributed by atoms with Gasteiger partial charge in [-0.2, -0.15) is 0 Å². The van der Waals surface area contributed by atoms with Crippen LogP contribution in [0.4, 0.5) is 0 Å². The number of aryl methyl sites for hydroxylation is 1. The summed E-state index contributed by atoms with van der Waals surface area (Å²) in [5, 5.41) is 0. The summed E-state index contributed by atoms with van der Waals surface area (Å²) in [4.78, 5) is 13.8. The summed E-state index contributed by atoms with van der Waals surface area (Å²) in [5.74, 6) is 0.110. The zero-order valence-electron chi connectivity index (χ0n) is 12.9. The van der Waals surface area contributed by atoms with Gasteiger partial charge in [0.25, 0.3) is 5.91 Å². The Labute approximate surface area is 117 Å². The van der Waals surface area contributed by atoms with Crippen LogP contribution < -0.4 is 0 Å². The SMILES string of the molecule is CC.CC.Cc1ccc(C(=O)N2CCOCC2)cc1. The van der Waals surface area contributed by atoms with Crippen molar-refractivity contribution in [1.29, 1.82) is 0 Å². The number of hydrogen-bond donors (Lipinski definition) is 0. The second-order valence-electron chi connectivity index (χ2n) is 3.77. The number of rotatable bonds is 1. The van der Waals surface area contributed by atoms with Crippen molar-refractivity contribution < 1.29 is 9.53 Å². The van der Waals surface area contributed by atoms with E-state index in [-0.39, 0.29) is 5.91 Å². The number of ether oxygens (including phenoxy) is 1. The van der Waals surface area contributed by atoms with Gasteiger partial charge in [-0.05, 0) is 19.1 Å². The number of amides is 1. The highest BCUT2D eigenvalue weighted by Gasteiger charge is 2.17. The van der Waals surface area contributed by atoms with E-state index in [4.69, 9.17) is 4.74 Å². The Kier molecular flexibility index (Phi) is 9.81. The fraction of sp³-hybridized carbons (Fsp3) is 0.562. The van der Waals surface area contributed by atoms with Gasteiger partial charge in [0.15, 0.2) is 0 Å². The van der Waals surface area contributed by atoms with Gasteiger partial charge in [0, 0.05) is 18.7 Å². The Morgan fingerprint density at radius 2 is 1.47 bits per heavy atom. The molecule has 1 aliphatic heterocycles. The zero-order valence-corrected chi connectivity index (χ0v) is 12.9. The highest BCUT2D eigenvalue weighted by Crippen LogP contribution is 2.08. The van der Waals surface area contributed by atoms with Gasteiger partial charge in [0.2, 0.25) is 0 Å². The number of morpholine rings is 1. The van der Waals surface area contributed by atoms with Crippen molar-refractivity contribution in [3.8, 4) is 0 Å². The van der Waals surface area contributed by atoms with E-state index in [2.05, 4.69) is 0 Å². The van der Waals surface area contributed by atoms with Gasteiger partial charge < -0.3 is 9.64 Å². The largest absolute Gasteiger partial charge is 0.378 e. The van der Waals surface area contributed by atoms with E-state index in [0.717, 1.165) is 5.56 Å². The molecule has 0 unspecified atom stereocenters. The normalized spacial score (nSPS) is 13.6. The third kappa shape index (κ3) is 5.88. The first-order valence-electron chi connectivity index (χ1n) is 7.21. The average Bonchev–Trinajstić information content (AvgIpc) is 2.52. The monoisotopic (exact) mass is 265 g/mol. The molecular formula is C16H27NO2. The highest BCUT2D eigenvalue weighted by molar-refractivity contribution is 5.94. The molecule has 1 aromatic carbocycles. The Morgan fingerprint density at radius 3 is 1.95 bits per heavy atom. The third-order valence-electron chi connectivity index (χ3n) is 2.60. The Hall–Kier alpha value is -1.35. The van der Waals surface area contributed by atoms with Gasteiger partial charge >= 0.3 is 0 Å². The van der Waals surface area contributed by atoms with Gasteiger partial charge in [-0.15, -0.1) is 0 Å². The van der Waals surface area contributed by atoms with Crippen LogP contribution in [0.15, 0.2) is 24.3 Å². The summed E-state index contributed by atoms with van der Waals surface area (Å²) in [6.45, 7) is 12.7. The predicted octanol–water partition coefficient (Wildman–Crippen LogP) is 3.52. The first-order chi connectivity index (χ1) is 9.27. The molecule has 1 aliphatic rings. The molecule has 2 rings (SSSR count). The van der Waals surface area contributed by atoms with Crippen LogP contribution in [-0.4, -0.2) is 37.1 Å². The van der Waals surface area contributed by atoms with Crippen LogP contribution in [0.5, 0.6) is 0 Å². The maximum atomic E-state index is 12.0. The van der Waals surface area contributed by atoms with Crippen LogP contribution in [0.1, 0.15) is 43.6 Å². The Balaban J connectivity index is 0.000000741. The van der Waals surface area contributed by atoms with Crippen LogP contribution in [0.2, 0.25) is 0 Å². The second-order valence-corrected chi connectivity index (χ2v) is 3.77. The molecule has 0 N–H and O–H groups in total. The minimum absolute atomic E-state index is 0.110.